The Labute approximate surface area is 340 Å². The van der Waals surface area contributed by atoms with E-state index in [9.17, 15) is 0 Å². The standard InChI is InChI=1S/C56H42N2/c1-35-11-7-15-41(31-35)57(51-21-9-19-45-43-17-5-3-13-39(43)33-49(45)51)53-29-25-37-24-28-48-54(30-26-38-23-27-47(53)55(37)56(38)48)58(42-16-8-12-36(2)32-42)52-22-10-20-46-44-18-6-4-14-40(44)34-50(46)52/h3-31,42H,32-34H2,1-2H3. The summed E-state index contributed by atoms with van der Waals surface area (Å²) in [5, 5.41) is 7.75. The molecule has 0 aliphatic heterocycles. The zero-order valence-corrected chi connectivity index (χ0v) is 32.8. The fraction of sp³-hybridized carbons (Fsp3) is 0.107. The number of rotatable bonds is 6. The number of fused-ring (bicyclic) bond motifs is 6. The minimum atomic E-state index is 0.190. The van der Waals surface area contributed by atoms with E-state index in [-0.39, 0.29) is 6.04 Å². The van der Waals surface area contributed by atoms with Crippen LogP contribution in [0.4, 0.5) is 28.4 Å². The smallest absolute Gasteiger partial charge is 0.0562 e. The summed E-state index contributed by atoms with van der Waals surface area (Å²) in [6.07, 6.45) is 9.79. The molecule has 0 radical (unpaired) electrons. The van der Waals surface area contributed by atoms with Gasteiger partial charge in [0.05, 0.1) is 17.4 Å². The summed E-state index contributed by atoms with van der Waals surface area (Å²) in [6, 6.07) is 59.8. The van der Waals surface area contributed by atoms with Gasteiger partial charge < -0.3 is 9.80 Å². The van der Waals surface area contributed by atoms with Crippen molar-refractivity contribution >= 4 is 60.8 Å². The van der Waals surface area contributed by atoms with Gasteiger partial charge in [0.2, 0.25) is 0 Å². The number of aryl methyl sites for hydroxylation is 1. The molecule has 0 saturated heterocycles. The van der Waals surface area contributed by atoms with E-state index in [1.54, 1.807) is 0 Å². The summed E-state index contributed by atoms with van der Waals surface area (Å²) in [7, 11) is 0. The van der Waals surface area contributed by atoms with Gasteiger partial charge >= 0.3 is 0 Å². The molecule has 0 bridgehead atoms. The molecular weight excluding hydrogens is 701 g/mol. The molecule has 0 fully saturated rings. The van der Waals surface area contributed by atoms with Crippen LogP contribution < -0.4 is 9.80 Å². The predicted octanol–water partition coefficient (Wildman–Crippen LogP) is 14.9. The fourth-order valence-electron chi connectivity index (χ4n) is 10.5. The summed E-state index contributed by atoms with van der Waals surface area (Å²) in [5.74, 6) is 0. The average molecular weight is 743 g/mol. The lowest BCUT2D eigenvalue weighted by molar-refractivity contribution is 0.756. The van der Waals surface area contributed by atoms with E-state index in [0.29, 0.717) is 0 Å². The number of nitrogens with zero attached hydrogens (tertiary/aromatic N) is 2. The summed E-state index contributed by atoms with van der Waals surface area (Å²) in [6.45, 7) is 4.47. The van der Waals surface area contributed by atoms with E-state index >= 15 is 0 Å². The summed E-state index contributed by atoms with van der Waals surface area (Å²) in [4.78, 5) is 5.19. The number of hydrogen-bond acceptors (Lipinski definition) is 2. The number of allylic oxidation sites excluding steroid dienone is 2. The van der Waals surface area contributed by atoms with Gasteiger partial charge in [-0.25, -0.2) is 0 Å². The van der Waals surface area contributed by atoms with E-state index in [1.807, 2.05) is 0 Å². The van der Waals surface area contributed by atoms with E-state index in [2.05, 4.69) is 200 Å². The van der Waals surface area contributed by atoms with Crippen LogP contribution in [0.3, 0.4) is 0 Å². The Kier molecular flexibility index (Phi) is 7.35. The molecule has 276 valence electrons. The summed E-state index contributed by atoms with van der Waals surface area (Å²) in [5.41, 5.74) is 19.9. The molecule has 0 aromatic heterocycles. The van der Waals surface area contributed by atoms with Crippen LogP contribution in [-0.4, -0.2) is 6.04 Å². The van der Waals surface area contributed by atoms with Crippen LogP contribution in [0.1, 0.15) is 41.2 Å². The molecule has 2 heteroatoms. The largest absolute Gasteiger partial charge is 0.333 e. The van der Waals surface area contributed by atoms with Gasteiger partial charge in [-0.05, 0) is 128 Å². The Morgan fingerprint density at radius 2 is 1.05 bits per heavy atom. The second-order valence-electron chi connectivity index (χ2n) is 16.6. The molecule has 1 unspecified atom stereocenters. The van der Waals surface area contributed by atoms with Crippen LogP contribution in [0.15, 0.2) is 182 Å². The van der Waals surface area contributed by atoms with Gasteiger partial charge in [-0.15, -0.1) is 0 Å². The first-order chi connectivity index (χ1) is 28.6. The Morgan fingerprint density at radius 1 is 0.483 bits per heavy atom. The molecule has 0 spiro atoms. The second-order valence-corrected chi connectivity index (χ2v) is 16.6. The van der Waals surface area contributed by atoms with Gasteiger partial charge in [-0.3, -0.25) is 0 Å². The quantitative estimate of drug-likeness (QED) is 0.157. The zero-order chi connectivity index (χ0) is 38.5. The van der Waals surface area contributed by atoms with Crippen LogP contribution in [0.2, 0.25) is 0 Å². The molecule has 3 aliphatic carbocycles. The van der Waals surface area contributed by atoms with Gasteiger partial charge in [0.15, 0.2) is 0 Å². The van der Waals surface area contributed by atoms with E-state index in [0.717, 1.165) is 19.3 Å². The average Bonchev–Trinajstić information content (AvgIpc) is 3.84. The first-order valence-corrected chi connectivity index (χ1v) is 20.7. The van der Waals surface area contributed by atoms with Crippen LogP contribution in [0.25, 0.3) is 54.6 Å². The highest BCUT2D eigenvalue weighted by Gasteiger charge is 2.30. The van der Waals surface area contributed by atoms with Crippen molar-refractivity contribution in [2.24, 2.45) is 0 Å². The number of anilines is 5. The van der Waals surface area contributed by atoms with Crippen LogP contribution >= 0.6 is 0 Å². The van der Waals surface area contributed by atoms with E-state index in [1.165, 1.54) is 116 Å². The van der Waals surface area contributed by atoms with Crippen molar-refractivity contribution < 1.29 is 0 Å². The highest BCUT2D eigenvalue weighted by atomic mass is 15.2. The molecule has 0 heterocycles. The minimum absolute atomic E-state index is 0.190. The SMILES string of the molecule is CC1=CC=CC(N(c2cccc3c2Cc2ccccc2-3)c2ccc3ccc4c(N(c5cccc(C)c5)c5cccc6c5Cc5ccccc5-6)ccc5ccc2c3c54)C1. The van der Waals surface area contributed by atoms with E-state index < -0.39 is 0 Å². The van der Waals surface area contributed by atoms with Gasteiger partial charge in [0.1, 0.15) is 0 Å². The fourth-order valence-corrected chi connectivity index (χ4v) is 10.5. The van der Waals surface area contributed by atoms with Crippen molar-refractivity contribution in [2.45, 2.75) is 39.2 Å². The predicted molar refractivity (Wildman–Crippen MR) is 246 cm³/mol. The Balaban J connectivity index is 1.09. The Bertz CT molecular complexity index is 3200. The molecule has 58 heavy (non-hydrogen) atoms. The maximum absolute atomic E-state index is 2.66. The first kappa shape index (κ1) is 33.3. The van der Waals surface area contributed by atoms with Gasteiger partial charge in [-0.2, -0.15) is 0 Å². The highest BCUT2D eigenvalue weighted by Crippen LogP contribution is 2.51. The number of benzene rings is 9. The van der Waals surface area contributed by atoms with Gasteiger partial charge in [0.25, 0.3) is 0 Å². The molecule has 0 N–H and O–H groups in total. The van der Waals surface area contributed by atoms with Gasteiger partial charge in [-0.1, -0.05) is 145 Å². The van der Waals surface area contributed by atoms with E-state index in [4.69, 9.17) is 0 Å². The van der Waals surface area contributed by atoms with Gasteiger partial charge in [0, 0.05) is 40.7 Å². The van der Waals surface area contributed by atoms with Crippen molar-refractivity contribution in [2.75, 3.05) is 9.80 Å². The second kappa shape index (κ2) is 12.8. The monoisotopic (exact) mass is 742 g/mol. The maximum atomic E-state index is 2.66. The lowest BCUT2D eigenvalue weighted by Gasteiger charge is -2.36. The zero-order valence-electron chi connectivity index (χ0n) is 32.8. The lowest BCUT2D eigenvalue weighted by Crippen LogP contribution is -2.31. The highest BCUT2D eigenvalue weighted by molar-refractivity contribution is 6.28. The Morgan fingerprint density at radius 3 is 1.72 bits per heavy atom. The first-order valence-electron chi connectivity index (χ1n) is 20.7. The van der Waals surface area contributed by atoms with Crippen molar-refractivity contribution in [3.8, 4) is 22.3 Å². The molecule has 0 saturated carbocycles. The molecule has 0 amide bonds. The maximum Gasteiger partial charge on any atom is 0.0562 e. The van der Waals surface area contributed by atoms with Crippen molar-refractivity contribution in [3.05, 3.63) is 209 Å². The third-order valence-electron chi connectivity index (χ3n) is 13.1. The molecule has 9 aromatic rings. The molecule has 2 nitrogen and oxygen atoms in total. The van der Waals surface area contributed by atoms with Crippen molar-refractivity contribution in [1.82, 2.24) is 0 Å². The number of hydrogen-bond donors (Lipinski definition) is 0. The Hall–Kier alpha value is -6.90. The molecule has 3 aliphatic rings. The summed E-state index contributed by atoms with van der Waals surface area (Å²) >= 11 is 0. The normalized spacial score (nSPS) is 15.1. The van der Waals surface area contributed by atoms with Crippen LogP contribution in [-0.2, 0) is 12.8 Å². The van der Waals surface area contributed by atoms with Crippen molar-refractivity contribution in [3.63, 3.8) is 0 Å². The molecule has 9 aromatic carbocycles. The molecule has 12 rings (SSSR count). The lowest BCUT2D eigenvalue weighted by atomic mass is 9.90. The summed E-state index contributed by atoms with van der Waals surface area (Å²) < 4.78 is 0. The topological polar surface area (TPSA) is 6.48 Å². The van der Waals surface area contributed by atoms with Crippen LogP contribution in [0.5, 0.6) is 0 Å². The van der Waals surface area contributed by atoms with Crippen molar-refractivity contribution in [1.29, 1.82) is 0 Å². The van der Waals surface area contributed by atoms with Crippen LogP contribution in [0, 0.1) is 6.92 Å². The minimum Gasteiger partial charge on any atom is -0.333 e. The third kappa shape index (κ3) is 4.98. The molecule has 1 atom stereocenters. The molecular formula is C56H42N2. The third-order valence-corrected chi connectivity index (χ3v) is 13.1.